The maximum Gasteiger partial charge on any atom is 0.343 e. The van der Waals surface area contributed by atoms with Crippen LogP contribution < -0.4 is 5.69 Å². The highest BCUT2D eigenvalue weighted by Crippen LogP contribution is 2.03. The highest BCUT2D eigenvalue weighted by Gasteiger charge is 2.07. The average molecular weight is 247 g/mol. The van der Waals surface area contributed by atoms with Crippen LogP contribution in [0, 0.1) is 6.92 Å². The Morgan fingerprint density at radius 3 is 2.78 bits per heavy atom. The Morgan fingerprint density at radius 2 is 2.17 bits per heavy atom. The molecule has 0 spiro atoms. The van der Waals surface area contributed by atoms with Gasteiger partial charge in [-0.1, -0.05) is 6.07 Å². The molecule has 2 aromatic heterocycles. The first kappa shape index (κ1) is 12.5. The van der Waals surface area contributed by atoms with Gasteiger partial charge in [0.05, 0.1) is 12.2 Å². The van der Waals surface area contributed by atoms with Crippen molar-refractivity contribution in [3.8, 4) is 0 Å². The van der Waals surface area contributed by atoms with E-state index in [-0.39, 0.29) is 5.69 Å². The minimum Gasteiger partial charge on any atom is -0.293 e. The largest absolute Gasteiger partial charge is 0.343 e. The van der Waals surface area contributed by atoms with Crippen molar-refractivity contribution >= 4 is 0 Å². The van der Waals surface area contributed by atoms with E-state index in [0.29, 0.717) is 12.4 Å². The molecule has 0 amide bonds. The van der Waals surface area contributed by atoms with Crippen molar-refractivity contribution in [3.05, 3.63) is 45.9 Å². The van der Waals surface area contributed by atoms with E-state index in [4.69, 9.17) is 0 Å². The molecule has 0 saturated heterocycles. The molecule has 1 N–H and O–H groups in total. The van der Waals surface area contributed by atoms with Crippen molar-refractivity contribution in [3.63, 3.8) is 0 Å². The summed E-state index contributed by atoms with van der Waals surface area (Å²) in [6, 6.07) is 5.96. The van der Waals surface area contributed by atoms with Gasteiger partial charge in [0, 0.05) is 19.3 Å². The van der Waals surface area contributed by atoms with E-state index in [1.165, 1.54) is 4.68 Å². The minimum absolute atomic E-state index is 0.188. The summed E-state index contributed by atoms with van der Waals surface area (Å²) < 4.78 is 1.30. The van der Waals surface area contributed by atoms with Gasteiger partial charge in [0.25, 0.3) is 0 Å². The van der Waals surface area contributed by atoms with Crippen LogP contribution in [0.3, 0.4) is 0 Å². The molecule has 0 bridgehead atoms. The summed E-state index contributed by atoms with van der Waals surface area (Å²) in [6.07, 6.45) is 0. The lowest BCUT2D eigenvalue weighted by atomic mass is 10.3. The third-order valence-electron chi connectivity index (χ3n) is 2.61. The van der Waals surface area contributed by atoms with E-state index in [1.54, 1.807) is 7.05 Å². The molecule has 0 aliphatic heterocycles. The molecule has 0 radical (unpaired) electrons. The fraction of sp³-hybridized carbons (Fsp3) is 0.417. The molecule has 2 aromatic rings. The van der Waals surface area contributed by atoms with Gasteiger partial charge in [0.2, 0.25) is 0 Å². The third kappa shape index (κ3) is 3.04. The highest BCUT2D eigenvalue weighted by atomic mass is 16.1. The van der Waals surface area contributed by atoms with Crippen LogP contribution in [0.15, 0.2) is 23.0 Å². The van der Waals surface area contributed by atoms with E-state index in [0.717, 1.165) is 17.9 Å². The maximum atomic E-state index is 11.2. The van der Waals surface area contributed by atoms with Crippen LogP contribution in [0.2, 0.25) is 0 Å². The molecule has 18 heavy (non-hydrogen) atoms. The van der Waals surface area contributed by atoms with Gasteiger partial charge in [0.1, 0.15) is 5.82 Å². The van der Waals surface area contributed by atoms with Gasteiger partial charge in [-0.25, -0.2) is 9.48 Å². The number of nitrogens with zero attached hydrogens (tertiary/aromatic N) is 4. The predicted octanol–water partition coefficient (Wildman–Crippen LogP) is 0.444. The zero-order chi connectivity index (χ0) is 13.1. The van der Waals surface area contributed by atoms with Crippen LogP contribution in [0.1, 0.15) is 17.2 Å². The summed E-state index contributed by atoms with van der Waals surface area (Å²) in [7, 11) is 3.60. The molecule has 0 aliphatic carbocycles. The SMILES string of the molecule is Cc1cccc(CN(C)Cc2nn(C)c(=O)[nH]2)n1. The van der Waals surface area contributed by atoms with Crippen LogP contribution in [0.4, 0.5) is 0 Å². The van der Waals surface area contributed by atoms with Gasteiger partial charge >= 0.3 is 5.69 Å². The molecule has 0 fully saturated rings. The predicted molar refractivity (Wildman–Crippen MR) is 68.0 cm³/mol. The lowest BCUT2D eigenvalue weighted by Crippen LogP contribution is -2.19. The number of hydrogen-bond acceptors (Lipinski definition) is 4. The number of aromatic nitrogens is 4. The molecule has 6 nitrogen and oxygen atoms in total. The summed E-state index contributed by atoms with van der Waals surface area (Å²) >= 11 is 0. The quantitative estimate of drug-likeness (QED) is 0.851. The first-order valence-corrected chi connectivity index (χ1v) is 5.78. The Morgan fingerprint density at radius 1 is 1.39 bits per heavy atom. The Labute approximate surface area is 105 Å². The van der Waals surface area contributed by atoms with Crippen molar-refractivity contribution in [2.24, 2.45) is 7.05 Å². The van der Waals surface area contributed by atoms with Crippen LogP contribution >= 0.6 is 0 Å². The molecule has 6 heteroatoms. The average Bonchev–Trinajstić information content (AvgIpc) is 2.57. The first-order chi connectivity index (χ1) is 8.54. The van der Waals surface area contributed by atoms with Crippen LogP contribution in [-0.4, -0.2) is 31.7 Å². The molecule has 2 heterocycles. The fourth-order valence-corrected chi connectivity index (χ4v) is 1.80. The van der Waals surface area contributed by atoms with Crippen molar-refractivity contribution < 1.29 is 0 Å². The smallest absolute Gasteiger partial charge is 0.293 e. The third-order valence-corrected chi connectivity index (χ3v) is 2.61. The highest BCUT2D eigenvalue weighted by molar-refractivity contribution is 5.09. The Kier molecular flexibility index (Phi) is 3.57. The standard InChI is InChI=1S/C12H17N5O/c1-9-5-4-6-10(13-9)7-16(2)8-11-14-12(18)17(3)15-11/h4-6H,7-8H2,1-3H3,(H,14,15,18). The molecule has 0 aromatic carbocycles. The minimum atomic E-state index is -0.188. The van der Waals surface area contributed by atoms with E-state index < -0.39 is 0 Å². The molecule has 0 atom stereocenters. The van der Waals surface area contributed by atoms with E-state index in [1.807, 2.05) is 32.2 Å². The van der Waals surface area contributed by atoms with Crippen LogP contribution in [-0.2, 0) is 20.1 Å². The Bertz CT molecular complexity index is 586. The van der Waals surface area contributed by atoms with Crippen LogP contribution in [0.5, 0.6) is 0 Å². The number of pyridine rings is 1. The number of rotatable bonds is 4. The zero-order valence-electron chi connectivity index (χ0n) is 10.8. The fourth-order valence-electron chi connectivity index (χ4n) is 1.80. The summed E-state index contributed by atoms with van der Waals surface area (Å²) in [4.78, 5) is 20.4. The number of hydrogen-bond donors (Lipinski definition) is 1. The van der Waals surface area contributed by atoms with E-state index in [2.05, 4.69) is 20.0 Å². The van der Waals surface area contributed by atoms with Crippen molar-refractivity contribution in [1.82, 2.24) is 24.6 Å². The molecule has 2 rings (SSSR count). The molecular weight excluding hydrogens is 230 g/mol. The monoisotopic (exact) mass is 247 g/mol. The summed E-state index contributed by atoms with van der Waals surface area (Å²) in [5.41, 5.74) is 1.83. The van der Waals surface area contributed by atoms with Gasteiger partial charge in [-0.3, -0.25) is 14.9 Å². The second-order valence-electron chi connectivity index (χ2n) is 4.44. The first-order valence-electron chi connectivity index (χ1n) is 5.78. The molecule has 96 valence electrons. The van der Waals surface area contributed by atoms with Crippen molar-refractivity contribution in [2.75, 3.05) is 7.05 Å². The molecular formula is C12H17N5O. The van der Waals surface area contributed by atoms with E-state index >= 15 is 0 Å². The van der Waals surface area contributed by atoms with E-state index in [9.17, 15) is 4.79 Å². The van der Waals surface area contributed by atoms with Gasteiger partial charge in [-0.15, -0.1) is 0 Å². The molecule has 0 aliphatic rings. The normalized spacial score (nSPS) is 11.1. The van der Waals surface area contributed by atoms with Gasteiger partial charge in [-0.05, 0) is 26.1 Å². The van der Waals surface area contributed by atoms with Gasteiger partial charge in [-0.2, -0.15) is 5.10 Å². The topological polar surface area (TPSA) is 66.8 Å². The number of H-pyrrole nitrogens is 1. The summed E-state index contributed by atoms with van der Waals surface area (Å²) in [5.74, 6) is 0.664. The number of nitrogens with one attached hydrogen (secondary N) is 1. The zero-order valence-corrected chi connectivity index (χ0v) is 10.8. The summed E-state index contributed by atoms with van der Waals surface area (Å²) in [5, 5.41) is 4.10. The second kappa shape index (κ2) is 5.14. The molecule has 0 saturated carbocycles. The maximum absolute atomic E-state index is 11.2. The Balaban J connectivity index is 2.00. The van der Waals surface area contributed by atoms with Gasteiger partial charge in [0.15, 0.2) is 0 Å². The number of aromatic amines is 1. The lowest BCUT2D eigenvalue weighted by Gasteiger charge is -2.14. The van der Waals surface area contributed by atoms with Crippen LogP contribution in [0.25, 0.3) is 0 Å². The Hall–Kier alpha value is -1.95. The summed E-state index contributed by atoms with van der Waals surface area (Å²) in [6.45, 7) is 3.28. The number of aryl methyl sites for hydroxylation is 2. The van der Waals surface area contributed by atoms with Crippen molar-refractivity contribution in [2.45, 2.75) is 20.0 Å². The lowest BCUT2D eigenvalue weighted by molar-refractivity contribution is 0.306. The second-order valence-corrected chi connectivity index (χ2v) is 4.44. The molecule has 0 unspecified atom stereocenters. The van der Waals surface area contributed by atoms with Gasteiger partial charge < -0.3 is 0 Å². The van der Waals surface area contributed by atoms with Crippen molar-refractivity contribution in [1.29, 1.82) is 0 Å².